The van der Waals surface area contributed by atoms with Gasteiger partial charge in [-0.25, -0.2) is 0 Å². The van der Waals surface area contributed by atoms with Crippen LogP contribution in [-0.2, 0) is 14.3 Å². The summed E-state index contributed by atoms with van der Waals surface area (Å²) in [6.07, 6.45) is 5.03. The van der Waals surface area contributed by atoms with Gasteiger partial charge in [0.05, 0.1) is 6.10 Å². The van der Waals surface area contributed by atoms with E-state index in [-0.39, 0.29) is 18.1 Å². The number of aliphatic carboxylic acids is 1. The molecule has 1 amide bonds. The van der Waals surface area contributed by atoms with Crippen LogP contribution < -0.4 is 5.32 Å². The van der Waals surface area contributed by atoms with Gasteiger partial charge in [0.2, 0.25) is 5.91 Å². The highest BCUT2D eigenvalue weighted by molar-refractivity contribution is 6.01. The SMILES string of the molecule is CC(CCC1CCCO1)(C(=O)O)C(=O)NC1CC1. The molecule has 2 N–H and O–H groups in total. The third-order valence-electron chi connectivity index (χ3n) is 3.88. The van der Waals surface area contributed by atoms with Crippen LogP contribution in [-0.4, -0.2) is 35.7 Å². The second-order valence-electron chi connectivity index (χ2n) is 5.56. The lowest BCUT2D eigenvalue weighted by atomic mass is 9.83. The molecule has 2 atom stereocenters. The fourth-order valence-corrected chi connectivity index (χ4v) is 2.21. The van der Waals surface area contributed by atoms with Gasteiger partial charge in [-0.3, -0.25) is 9.59 Å². The Bertz CT molecular complexity index is 334. The molecule has 18 heavy (non-hydrogen) atoms. The van der Waals surface area contributed by atoms with E-state index < -0.39 is 11.4 Å². The molecule has 0 radical (unpaired) electrons. The Morgan fingerprint density at radius 1 is 1.39 bits per heavy atom. The summed E-state index contributed by atoms with van der Waals surface area (Å²) in [4.78, 5) is 23.4. The van der Waals surface area contributed by atoms with Gasteiger partial charge in [0, 0.05) is 12.6 Å². The van der Waals surface area contributed by atoms with Gasteiger partial charge in [-0.1, -0.05) is 0 Å². The summed E-state index contributed by atoms with van der Waals surface area (Å²) >= 11 is 0. The highest BCUT2D eigenvalue weighted by Crippen LogP contribution is 2.30. The van der Waals surface area contributed by atoms with Crippen LogP contribution in [0.5, 0.6) is 0 Å². The summed E-state index contributed by atoms with van der Waals surface area (Å²) in [7, 11) is 0. The molecule has 1 aliphatic heterocycles. The summed E-state index contributed by atoms with van der Waals surface area (Å²) in [6.45, 7) is 2.27. The summed E-state index contributed by atoms with van der Waals surface area (Å²) in [5.74, 6) is -1.39. The Kier molecular flexibility index (Phi) is 3.90. The van der Waals surface area contributed by atoms with Gasteiger partial charge < -0.3 is 15.2 Å². The maximum absolute atomic E-state index is 12.0. The number of nitrogens with one attached hydrogen (secondary N) is 1. The molecule has 2 rings (SSSR count). The predicted molar refractivity (Wildman–Crippen MR) is 65.1 cm³/mol. The minimum Gasteiger partial charge on any atom is -0.480 e. The van der Waals surface area contributed by atoms with Gasteiger partial charge in [0.1, 0.15) is 5.41 Å². The molecular formula is C13H21NO4. The average molecular weight is 255 g/mol. The van der Waals surface area contributed by atoms with Gasteiger partial charge in [-0.15, -0.1) is 0 Å². The number of amides is 1. The highest BCUT2D eigenvalue weighted by atomic mass is 16.5. The second-order valence-corrected chi connectivity index (χ2v) is 5.56. The number of hydrogen-bond acceptors (Lipinski definition) is 3. The van der Waals surface area contributed by atoms with E-state index in [1.165, 1.54) is 6.92 Å². The van der Waals surface area contributed by atoms with Crippen LogP contribution in [0.15, 0.2) is 0 Å². The fraction of sp³-hybridized carbons (Fsp3) is 0.846. The summed E-state index contributed by atoms with van der Waals surface area (Å²) in [5.41, 5.74) is -1.32. The van der Waals surface area contributed by atoms with E-state index in [2.05, 4.69) is 5.32 Å². The molecule has 1 saturated carbocycles. The normalized spacial score (nSPS) is 26.6. The lowest BCUT2D eigenvalue weighted by Crippen LogP contribution is -2.45. The van der Waals surface area contributed by atoms with Gasteiger partial charge in [-0.05, 0) is 45.4 Å². The van der Waals surface area contributed by atoms with Crippen molar-refractivity contribution in [3.8, 4) is 0 Å². The van der Waals surface area contributed by atoms with Crippen LogP contribution in [0, 0.1) is 5.41 Å². The van der Waals surface area contributed by atoms with Crippen LogP contribution in [0.3, 0.4) is 0 Å². The molecule has 1 aliphatic carbocycles. The third-order valence-corrected chi connectivity index (χ3v) is 3.88. The van der Waals surface area contributed by atoms with Gasteiger partial charge in [-0.2, -0.15) is 0 Å². The van der Waals surface area contributed by atoms with Crippen molar-refractivity contribution in [2.24, 2.45) is 5.41 Å². The van der Waals surface area contributed by atoms with Crippen LogP contribution in [0.1, 0.15) is 45.4 Å². The van der Waals surface area contributed by atoms with E-state index in [1.807, 2.05) is 0 Å². The Morgan fingerprint density at radius 2 is 2.11 bits per heavy atom. The van der Waals surface area contributed by atoms with Crippen molar-refractivity contribution in [2.45, 2.75) is 57.6 Å². The van der Waals surface area contributed by atoms with Gasteiger partial charge in [0.25, 0.3) is 0 Å². The quantitative estimate of drug-likeness (QED) is 0.702. The first-order valence-electron chi connectivity index (χ1n) is 6.68. The number of carbonyl (C=O) groups is 2. The van der Waals surface area contributed by atoms with Crippen LogP contribution in [0.4, 0.5) is 0 Å². The highest BCUT2D eigenvalue weighted by Gasteiger charge is 2.43. The molecule has 0 bridgehead atoms. The first kappa shape index (κ1) is 13.3. The Morgan fingerprint density at radius 3 is 2.61 bits per heavy atom. The van der Waals surface area contributed by atoms with Crippen molar-refractivity contribution in [1.29, 1.82) is 0 Å². The lowest BCUT2D eigenvalue weighted by molar-refractivity contribution is -0.155. The predicted octanol–water partition coefficient (Wildman–Crippen LogP) is 1.32. The number of ether oxygens (including phenoxy) is 1. The fourth-order valence-electron chi connectivity index (χ4n) is 2.21. The topological polar surface area (TPSA) is 75.6 Å². The molecule has 1 saturated heterocycles. The third kappa shape index (κ3) is 3.02. The van der Waals surface area contributed by atoms with E-state index >= 15 is 0 Å². The number of carboxylic acids is 1. The summed E-state index contributed by atoms with van der Waals surface area (Å²) in [5, 5.41) is 12.1. The Hall–Kier alpha value is -1.10. The molecule has 0 aromatic carbocycles. The van der Waals surface area contributed by atoms with Crippen molar-refractivity contribution in [1.82, 2.24) is 5.32 Å². The average Bonchev–Trinajstić information content (AvgIpc) is 2.98. The minimum atomic E-state index is -1.32. The molecule has 2 unspecified atom stereocenters. The maximum Gasteiger partial charge on any atom is 0.318 e. The largest absolute Gasteiger partial charge is 0.480 e. The maximum atomic E-state index is 12.0. The summed E-state index contributed by atoms with van der Waals surface area (Å²) in [6, 6.07) is 0.193. The van der Waals surface area contributed by atoms with Crippen molar-refractivity contribution >= 4 is 11.9 Å². The molecule has 0 aromatic heterocycles. The molecule has 5 nitrogen and oxygen atoms in total. The van der Waals surface area contributed by atoms with Gasteiger partial charge >= 0.3 is 5.97 Å². The van der Waals surface area contributed by atoms with E-state index in [4.69, 9.17) is 4.74 Å². The van der Waals surface area contributed by atoms with Crippen molar-refractivity contribution in [3.63, 3.8) is 0 Å². The smallest absolute Gasteiger partial charge is 0.318 e. The monoisotopic (exact) mass is 255 g/mol. The zero-order chi connectivity index (χ0) is 13.2. The Balaban J connectivity index is 1.91. The number of hydrogen-bond donors (Lipinski definition) is 2. The first-order valence-corrected chi connectivity index (χ1v) is 6.68. The number of carbonyl (C=O) groups excluding carboxylic acids is 1. The van der Waals surface area contributed by atoms with Crippen LogP contribution in [0.2, 0.25) is 0 Å². The molecule has 2 fully saturated rings. The van der Waals surface area contributed by atoms with Crippen LogP contribution in [0.25, 0.3) is 0 Å². The number of rotatable bonds is 6. The molecular weight excluding hydrogens is 234 g/mol. The molecule has 1 heterocycles. The molecule has 2 aliphatic rings. The number of carboxylic acid groups (broad SMARTS) is 1. The van der Waals surface area contributed by atoms with Crippen molar-refractivity contribution in [2.75, 3.05) is 6.61 Å². The first-order chi connectivity index (χ1) is 8.52. The van der Waals surface area contributed by atoms with Crippen molar-refractivity contribution < 1.29 is 19.4 Å². The van der Waals surface area contributed by atoms with E-state index in [0.29, 0.717) is 12.8 Å². The van der Waals surface area contributed by atoms with E-state index in [1.54, 1.807) is 0 Å². The molecule has 0 spiro atoms. The molecule has 102 valence electrons. The van der Waals surface area contributed by atoms with E-state index in [0.717, 1.165) is 32.3 Å². The lowest BCUT2D eigenvalue weighted by Gasteiger charge is -2.25. The standard InChI is InChI=1S/C13H21NO4/c1-13(12(16)17,11(15)14-9-4-5-9)7-6-10-3-2-8-18-10/h9-10H,2-8H2,1H3,(H,14,15)(H,16,17). The Labute approximate surface area is 107 Å². The second kappa shape index (κ2) is 5.26. The molecule has 0 aromatic rings. The zero-order valence-corrected chi connectivity index (χ0v) is 10.8. The van der Waals surface area contributed by atoms with Crippen LogP contribution >= 0.6 is 0 Å². The van der Waals surface area contributed by atoms with E-state index in [9.17, 15) is 14.7 Å². The van der Waals surface area contributed by atoms with Gasteiger partial charge in [0.15, 0.2) is 0 Å². The zero-order valence-electron chi connectivity index (χ0n) is 10.8. The minimum absolute atomic E-state index is 0.123. The summed E-state index contributed by atoms with van der Waals surface area (Å²) < 4.78 is 5.48. The van der Waals surface area contributed by atoms with Crippen molar-refractivity contribution in [3.05, 3.63) is 0 Å². The molecule has 5 heteroatoms.